The molecule has 0 saturated heterocycles. The van der Waals surface area contributed by atoms with Crippen molar-refractivity contribution in [1.29, 1.82) is 0 Å². The summed E-state index contributed by atoms with van der Waals surface area (Å²) in [4.78, 5) is 4.47. The molecule has 0 spiro atoms. The zero-order valence-electron chi connectivity index (χ0n) is 11.4. The van der Waals surface area contributed by atoms with Gasteiger partial charge < -0.3 is 5.32 Å². The van der Waals surface area contributed by atoms with Crippen LogP contribution in [-0.4, -0.2) is 4.98 Å². The van der Waals surface area contributed by atoms with Gasteiger partial charge in [0.15, 0.2) is 0 Å². The number of rotatable bonds is 4. The van der Waals surface area contributed by atoms with E-state index in [1.54, 1.807) is 11.3 Å². The Bertz CT molecular complexity index is 531. The van der Waals surface area contributed by atoms with E-state index >= 15 is 0 Å². The molecule has 1 heterocycles. The summed E-state index contributed by atoms with van der Waals surface area (Å²) >= 11 is 1.71. The van der Waals surface area contributed by atoms with E-state index in [0.717, 1.165) is 17.2 Å². The number of aryl methyl sites for hydroxylation is 3. The smallest absolute Gasteiger partial charge is 0.0897 e. The number of nitrogens with zero attached hydrogens (tertiary/aromatic N) is 1. The van der Waals surface area contributed by atoms with Gasteiger partial charge >= 0.3 is 0 Å². The molecule has 1 N–H and O–H groups in total. The molecule has 0 saturated carbocycles. The minimum Gasteiger partial charge on any atom is -0.305 e. The topological polar surface area (TPSA) is 24.9 Å². The SMILES string of the molecule is Cc1ccc(C)c(C(C)NCc2csc(C)n2)c1. The van der Waals surface area contributed by atoms with Crippen LogP contribution < -0.4 is 5.32 Å². The van der Waals surface area contributed by atoms with Gasteiger partial charge in [0, 0.05) is 18.0 Å². The van der Waals surface area contributed by atoms with Gasteiger partial charge in [0.1, 0.15) is 0 Å². The monoisotopic (exact) mass is 260 g/mol. The van der Waals surface area contributed by atoms with Crippen LogP contribution in [0, 0.1) is 20.8 Å². The molecule has 2 aromatic rings. The molecule has 3 heteroatoms. The average molecular weight is 260 g/mol. The molecule has 0 aliphatic heterocycles. The molecular formula is C15H20N2S. The van der Waals surface area contributed by atoms with Gasteiger partial charge in [-0.25, -0.2) is 4.98 Å². The highest BCUT2D eigenvalue weighted by molar-refractivity contribution is 7.09. The number of nitrogens with one attached hydrogen (secondary N) is 1. The van der Waals surface area contributed by atoms with Crippen molar-refractivity contribution >= 4 is 11.3 Å². The van der Waals surface area contributed by atoms with Crippen LogP contribution in [0.5, 0.6) is 0 Å². The summed E-state index contributed by atoms with van der Waals surface area (Å²) in [5.41, 5.74) is 5.17. The Morgan fingerprint density at radius 1 is 1.28 bits per heavy atom. The third kappa shape index (κ3) is 3.18. The van der Waals surface area contributed by atoms with E-state index in [-0.39, 0.29) is 0 Å². The maximum absolute atomic E-state index is 4.47. The van der Waals surface area contributed by atoms with Crippen molar-refractivity contribution in [1.82, 2.24) is 10.3 Å². The van der Waals surface area contributed by atoms with Crippen LogP contribution >= 0.6 is 11.3 Å². The van der Waals surface area contributed by atoms with Gasteiger partial charge in [-0.05, 0) is 38.8 Å². The second kappa shape index (κ2) is 5.63. The molecule has 1 atom stereocenters. The number of hydrogen-bond donors (Lipinski definition) is 1. The van der Waals surface area contributed by atoms with E-state index in [1.165, 1.54) is 16.7 Å². The summed E-state index contributed by atoms with van der Waals surface area (Å²) in [5, 5.41) is 6.79. The molecular weight excluding hydrogens is 240 g/mol. The molecule has 0 aliphatic rings. The van der Waals surface area contributed by atoms with Crippen LogP contribution in [0.25, 0.3) is 0 Å². The van der Waals surface area contributed by atoms with Gasteiger partial charge in [0.25, 0.3) is 0 Å². The van der Waals surface area contributed by atoms with Crippen molar-refractivity contribution in [2.75, 3.05) is 0 Å². The van der Waals surface area contributed by atoms with E-state index in [1.807, 2.05) is 6.92 Å². The summed E-state index contributed by atoms with van der Waals surface area (Å²) in [5.74, 6) is 0. The predicted molar refractivity (Wildman–Crippen MR) is 78.0 cm³/mol. The molecule has 2 nitrogen and oxygen atoms in total. The van der Waals surface area contributed by atoms with Crippen molar-refractivity contribution in [2.45, 2.75) is 40.3 Å². The molecule has 1 aromatic carbocycles. The fourth-order valence-electron chi connectivity index (χ4n) is 2.08. The second-order valence-electron chi connectivity index (χ2n) is 4.82. The number of thiazole rings is 1. The summed E-state index contributed by atoms with van der Waals surface area (Å²) in [7, 11) is 0. The highest BCUT2D eigenvalue weighted by Crippen LogP contribution is 2.19. The van der Waals surface area contributed by atoms with E-state index in [0.29, 0.717) is 6.04 Å². The van der Waals surface area contributed by atoms with Gasteiger partial charge in [-0.2, -0.15) is 0 Å². The maximum atomic E-state index is 4.47. The Kier molecular flexibility index (Phi) is 4.15. The van der Waals surface area contributed by atoms with Crippen LogP contribution in [0.1, 0.15) is 40.4 Å². The lowest BCUT2D eigenvalue weighted by Crippen LogP contribution is -2.19. The fraction of sp³-hybridized carbons (Fsp3) is 0.400. The maximum Gasteiger partial charge on any atom is 0.0897 e. The van der Waals surface area contributed by atoms with E-state index in [4.69, 9.17) is 0 Å². The van der Waals surface area contributed by atoms with Crippen LogP contribution in [0.4, 0.5) is 0 Å². The number of aromatic nitrogens is 1. The Hall–Kier alpha value is -1.19. The standard InChI is InChI=1S/C15H20N2S/c1-10-5-6-11(2)15(7-10)12(3)16-8-14-9-18-13(4)17-14/h5-7,9,12,16H,8H2,1-4H3. The summed E-state index contributed by atoms with van der Waals surface area (Å²) < 4.78 is 0. The molecule has 0 radical (unpaired) electrons. The summed E-state index contributed by atoms with van der Waals surface area (Å²) in [6.07, 6.45) is 0. The highest BCUT2D eigenvalue weighted by Gasteiger charge is 2.08. The van der Waals surface area contributed by atoms with Crippen molar-refractivity contribution < 1.29 is 0 Å². The molecule has 18 heavy (non-hydrogen) atoms. The Labute approximate surface area is 113 Å². The molecule has 2 rings (SSSR count). The quantitative estimate of drug-likeness (QED) is 0.901. The predicted octanol–water partition coefficient (Wildman–Crippen LogP) is 3.92. The average Bonchev–Trinajstić information content (AvgIpc) is 2.75. The molecule has 1 aromatic heterocycles. The molecule has 0 bridgehead atoms. The summed E-state index contributed by atoms with van der Waals surface area (Å²) in [6, 6.07) is 6.97. The van der Waals surface area contributed by atoms with Gasteiger partial charge in [-0.1, -0.05) is 23.8 Å². The van der Waals surface area contributed by atoms with E-state index < -0.39 is 0 Å². The minimum atomic E-state index is 0.354. The van der Waals surface area contributed by atoms with Crippen LogP contribution in [0.3, 0.4) is 0 Å². The first-order valence-corrected chi connectivity index (χ1v) is 7.16. The Morgan fingerprint density at radius 2 is 2.06 bits per heavy atom. The molecule has 96 valence electrons. The van der Waals surface area contributed by atoms with Crippen molar-refractivity contribution in [2.24, 2.45) is 0 Å². The lowest BCUT2D eigenvalue weighted by Gasteiger charge is -2.16. The first-order chi connectivity index (χ1) is 8.56. The van der Waals surface area contributed by atoms with Crippen LogP contribution in [0.15, 0.2) is 23.6 Å². The molecule has 1 unspecified atom stereocenters. The van der Waals surface area contributed by atoms with Gasteiger partial charge in [0.05, 0.1) is 10.7 Å². The normalized spacial score (nSPS) is 12.7. The second-order valence-corrected chi connectivity index (χ2v) is 5.88. The molecule has 0 aliphatic carbocycles. The summed E-state index contributed by atoms with van der Waals surface area (Å²) in [6.45, 7) is 9.39. The van der Waals surface area contributed by atoms with Crippen molar-refractivity contribution in [3.05, 3.63) is 51.0 Å². The largest absolute Gasteiger partial charge is 0.305 e. The third-order valence-electron chi connectivity index (χ3n) is 3.16. The fourth-order valence-corrected chi connectivity index (χ4v) is 2.70. The van der Waals surface area contributed by atoms with Gasteiger partial charge in [0.2, 0.25) is 0 Å². The van der Waals surface area contributed by atoms with Crippen molar-refractivity contribution in [3.63, 3.8) is 0 Å². The Balaban J connectivity index is 2.03. The van der Waals surface area contributed by atoms with Gasteiger partial charge in [-0.15, -0.1) is 11.3 Å². The number of benzene rings is 1. The zero-order chi connectivity index (χ0) is 13.1. The first kappa shape index (κ1) is 13.2. The van der Waals surface area contributed by atoms with E-state index in [9.17, 15) is 0 Å². The minimum absolute atomic E-state index is 0.354. The zero-order valence-corrected chi connectivity index (χ0v) is 12.3. The highest BCUT2D eigenvalue weighted by atomic mass is 32.1. The number of hydrogen-bond acceptors (Lipinski definition) is 3. The lowest BCUT2D eigenvalue weighted by atomic mass is 10.00. The first-order valence-electron chi connectivity index (χ1n) is 6.28. The van der Waals surface area contributed by atoms with Crippen LogP contribution in [0.2, 0.25) is 0 Å². The lowest BCUT2D eigenvalue weighted by molar-refractivity contribution is 0.566. The van der Waals surface area contributed by atoms with Crippen molar-refractivity contribution in [3.8, 4) is 0 Å². The molecule has 0 fully saturated rings. The third-order valence-corrected chi connectivity index (χ3v) is 3.98. The van der Waals surface area contributed by atoms with E-state index in [2.05, 4.69) is 54.7 Å². The van der Waals surface area contributed by atoms with Crippen LogP contribution in [-0.2, 0) is 6.54 Å². The van der Waals surface area contributed by atoms with Gasteiger partial charge in [-0.3, -0.25) is 0 Å². The molecule has 0 amide bonds. The Morgan fingerprint density at radius 3 is 2.72 bits per heavy atom.